The first-order valence-electron chi connectivity index (χ1n) is 5.94. The normalized spacial score (nSPS) is 11.0. The lowest BCUT2D eigenvalue weighted by atomic mass is 9.99. The van der Waals surface area contributed by atoms with E-state index in [0.29, 0.717) is 18.1 Å². The molecule has 0 fully saturated rings. The van der Waals surface area contributed by atoms with E-state index in [9.17, 15) is 4.79 Å². The lowest BCUT2D eigenvalue weighted by Crippen LogP contribution is -2.17. The Balaban J connectivity index is 2.77. The van der Waals surface area contributed by atoms with Gasteiger partial charge in [0.1, 0.15) is 5.56 Å². The van der Waals surface area contributed by atoms with Crippen molar-refractivity contribution in [1.82, 2.24) is 0 Å². The molecular formula is C14H20O5. The zero-order chi connectivity index (χ0) is 14.5. The molecule has 1 aromatic carbocycles. The molecular weight excluding hydrogens is 248 g/mol. The van der Waals surface area contributed by atoms with Gasteiger partial charge in [0.25, 0.3) is 0 Å². The minimum Gasteiger partial charge on any atom is -0.493 e. The third kappa shape index (κ3) is 4.44. The van der Waals surface area contributed by atoms with Crippen LogP contribution in [0.4, 0.5) is 0 Å². The SMILES string of the molecule is COc1cccc(C(=O)OOCC(C)(C)C)c1OC. The van der Waals surface area contributed by atoms with Crippen molar-refractivity contribution < 1.29 is 24.0 Å². The number of benzene rings is 1. The minimum absolute atomic E-state index is 0.0846. The zero-order valence-electron chi connectivity index (χ0n) is 12.0. The molecule has 5 heteroatoms. The maximum atomic E-state index is 11.9. The van der Waals surface area contributed by atoms with Crippen LogP contribution in [0.1, 0.15) is 31.1 Å². The van der Waals surface area contributed by atoms with Crippen LogP contribution in [-0.2, 0) is 9.78 Å². The first kappa shape index (κ1) is 15.3. The summed E-state index contributed by atoms with van der Waals surface area (Å²) in [6, 6.07) is 4.97. The fourth-order valence-electron chi connectivity index (χ4n) is 1.35. The monoisotopic (exact) mass is 268 g/mol. The van der Waals surface area contributed by atoms with Gasteiger partial charge in [-0.15, -0.1) is 0 Å². The molecule has 106 valence electrons. The van der Waals surface area contributed by atoms with Gasteiger partial charge in [-0.1, -0.05) is 26.8 Å². The van der Waals surface area contributed by atoms with Crippen molar-refractivity contribution in [2.45, 2.75) is 20.8 Å². The Morgan fingerprint density at radius 2 is 1.84 bits per heavy atom. The Hall–Kier alpha value is -1.75. The van der Waals surface area contributed by atoms with Crippen molar-refractivity contribution in [3.05, 3.63) is 23.8 Å². The first-order valence-corrected chi connectivity index (χ1v) is 5.94. The molecule has 0 spiro atoms. The second kappa shape index (κ2) is 6.43. The summed E-state index contributed by atoms with van der Waals surface area (Å²) >= 11 is 0. The molecule has 0 aliphatic carbocycles. The van der Waals surface area contributed by atoms with Gasteiger partial charge in [-0.2, -0.15) is 4.89 Å². The third-order valence-corrected chi connectivity index (χ3v) is 2.25. The van der Waals surface area contributed by atoms with Crippen molar-refractivity contribution in [2.24, 2.45) is 5.41 Å². The lowest BCUT2D eigenvalue weighted by molar-refractivity contribution is -0.255. The summed E-state index contributed by atoms with van der Waals surface area (Å²) in [6.07, 6.45) is 0. The summed E-state index contributed by atoms with van der Waals surface area (Å²) in [5.74, 6) is 0.183. The van der Waals surface area contributed by atoms with Crippen LogP contribution in [0.15, 0.2) is 18.2 Å². The number of ether oxygens (including phenoxy) is 2. The predicted molar refractivity (Wildman–Crippen MR) is 70.4 cm³/mol. The van der Waals surface area contributed by atoms with Crippen LogP contribution in [-0.4, -0.2) is 26.8 Å². The first-order chi connectivity index (χ1) is 8.89. The largest absolute Gasteiger partial charge is 0.493 e. The molecule has 0 radical (unpaired) electrons. The van der Waals surface area contributed by atoms with Crippen LogP contribution < -0.4 is 9.47 Å². The van der Waals surface area contributed by atoms with Crippen LogP contribution in [0.3, 0.4) is 0 Å². The molecule has 1 rings (SSSR count). The molecule has 0 heterocycles. The highest BCUT2D eigenvalue weighted by Crippen LogP contribution is 2.31. The quantitative estimate of drug-likeness (QED) is 0.607. The van der Waals surface area contributed by atoms with Crippen LogP contribution >= 0.6 is 0 Å². The van der Waals surface area contributed by atoms with Crippen molar-refractivity contribution in [3.63, 3.8) is 0 Å². The number of hydrogen-bond acceptors (Lipinski definition) is 5. The second-order valence-corrected chi connectivity index (χ2v) is 5.23. The van der Waals surface area contributed by atoms with Crippen LogP contribution in [0.5, 0.6) is 11.5 Å². The highest BCUT2D eigenvalue weighted by atomic mass is 17.2. The second-order valence-electron chi connectivity index (χ2n) is 5.23. The third-order valence-electron chi connectivity index (χ3n) is 2.25. The molecule has 0 aromatic heterocycles. The average Bonchev–Trinajstić information content (AvgIpc) is 2.35. The van der Waals surface area contributed by atoms with Crippen LogP contribution in [0, 0.1) is 5.41 Å². The average molecular weight is 268 g/mol. The Morgan fingerprint density at radius 3 is 2.37 bits per heavy atom. The number of carbonyl (C=O) groups is 1. The maximum Gasteiger partial charge on any atom is 0.376 e. The van der Waals surface area contributed by atoms with Gasteiger partial charge in [0.05, 0.1) is 20.8 Å². The smallest absolute Gasteiger partial charge is 0.376 e. The van der Waals surface area contributed by atoms with Crippen LogP contribution in [0.2, 0.25) is 0 Å². The van der Waals surface area contributed by atoms with Gasteiger partial charge in [0.2, 0.25) is 0 Å². The lowest BCUT2D eigenvalue weighted by Gasteiger charge is -2.17. The summed E-state index contributed by atoms with van der Waals surface area (Å²) in [6.45, 7) is 6.25. The molecule has 19 heavy (non-hydrogen) atoms. The van der Waals surface area contributed by atoms with E-state index in [-0.39, 0.29) is 11.0 Å². The molecule has 0 aliphatic rings. The molecule has 0 atom stereocenters. The summed E-state index contributed by atoms with van der Waals surface area (Å²) in [4.78, 5) is 21.6. The summed E-state index contributed by atoms with van der Waals surface area (Å²) in [5.41, 5.74) is 0.175. The number of hydrogen-bond donors (Lipinski definition) is 0. The number of carbonyl (C=O) groups excluding carboxylic acids is 1. The minimum atomic E-state index is -0.611. The van der Waals surface area contributed by atoms with E-state index in [1.807, 2.05) is 20.8 Å². The number of para-hydroxylation sites is 1. The van der Waals surface area contributed by atoms with Gasteiger partial charge in [-0.05, 0) is 17.5 Å². The van der Waals surface area contributed by atoms with Gasteiger partial charge in [0.15, 0.2) is 11.5 Å². The van der Waals surface area contributed by atoms with Gasteiger partial charge >= 0.3 is 5.97 Å². The topological polar surface area (TPSA) is 54.0 Å². The van der Waals surface area contributed by atoms with Crippen molar-refractivity contribution in [3.8, 4) is 11.5 Å². The zero-order valence-corrected chi connectivity index (χ0v) is 12.0. The summed E-state index contributed by atoms with van der Waals surface area (Å²) in [7, 11) is 2.97. The Bertz CT molecular complexity index is 434. The molecule has 0 saturated heterocycles. The molecule has 0 aliphatic heterocycles. The highest BCUT2D eigenvalue weighted by Gasteiger charge is 2.19. The molecule has 0 unspecified atom stereocenters. The van der Waals surface area contributed by atoms with E-state index >= 15 is 0 Å². The van der Waals surface area contributed by atoms with E-state index in [0.717, 1.165) is 0 Å². The van der Waals surface area contributed by atoms with Gasteiger partial charge < -0.3 is 9.47 Å². The molecule has 0 bridgehead atoms. The predicted octanol–water partition coefficient (Wildman–Crippen LogP) is 2.84. The van der Waals surface area contributed by atoms with Crippen molar-refractivity contribution >= 4 is 5.97 Å². The van der Waals surface area contributed by atoms with E-state index in [4.69, 9.17) is 19.2 Å². The fourth-order valence-corrected chi connectivity index (χ4v) is 1.35. The van der Waals surface area contributed by atoms with E-state index in [2.05, 4.69) is 0 Å². The van der Waals surface area contributed by atoms with Crippen LogP contribution in [0.25, 0.3) is 0 Å². The molecule has 5 nitrogen and oxygen atoms in total. The summed E-state index contributed by atoms with van der Waals surface area (Å²) < 4.78 is 10.3. The maximum absolute atomic E-state index is 11.9. The summed E-state index contributed by atoms with van der Waals surface area (Å²) in [5, 5.41) is 0. The van der Waals surface area contributed by atoms with Crippen molar-refractivity contribution in [1.29, 1.82) is 0 Å². The molecule has 0 saturated carbocycles. The molecule has 1 aromatic rings. The van der Waals surface area contributed by atoms with E-state index in [1.54, 1.807) is 18.2 Å². The Morgan fingerprint density at radius 1 is 1.16 bits per heavy atom. The Kier molecular flexibility index (Phi) is 5.18. The van der Waals surface area contributed by atoms with E-state index < -0.39 is 5.97 Å². The molecule has 0 N–H and O–H groups in total. The number of methoxy groups -OCH3 is 2. The molecule has 0 amide bonds. The van der Waals surface area contributed by atoms with Crippen molar-refractivity contribution in [2.75, 3.05) is 20.8 Å². The fraction of sp³-hybridized carbons (Fsp3) is 0.500. The van der Waals surface area contributed by atoms with Gasteiger partial charge in [0, 0.05) is 0 Å². The standard InChI is InChI=1S/C14H20O5/c1-14(2,3)9-18-19-13(15)10-7-6-8-11(16-4)12(10)17-5/h6-8H,9H2,1-5H3. The Labute approximate surface area is 113 Å². The van der Waals surface area contributed by atoms with Gasteiger partial charge in [-0.25, -0.2) is 4.79 Å². The van der Waals surface area contributed by atoms with Gasteiger partial charge in [-0.3, -0.25) is 4.89 Å². The number of rotatable bonds is 5. The van der Waals surface area contributed by atoms with E-state index in [1.165, 1.54) is 14.2 Å². The highest BCUT2D eigenvalue weighted by molar-refractivity contribution is 5.93.